The van der Waals surface area contributed by atoms with Crippen LogP contribution in [0.2, 0.25) is 0 Å². The number of anilines is 2. The normalized spacial score (nSPS) is 11.0. The lowest BCUT2D eigenvalue weighted by atomic mass is 10.3. The first kappa shape index (κ1) is 11.6. The zero-order valence-corrected chi connectivity index (χ0v) is 10.7. The molecule has 2 aromatic heterocycles. The highest BCUT2D eigenvalue weighted by atomic mass is 15.6. The number of imidazole rings is 2. The van der Waals surface area contributed by atoms with Crippen molar-refractivity contribution in [3.8, 4) is 0 Å². The van der Waals surface area contributed by atoms with Crippen LogP contribution in [0.25, 0.3) is 11.0 Å². The summed E-state index contributed by atoms with van der Waals surface area (Å²) in [6.45, 7) is 2.98. The van der Waals surface area contributed by atoms with E-state index in [-0.39, 0.29) is 0 Å². The zero-order valence-electron chi connectivity index (χ0n) is 10.7. The number of aromatic amines is 1. The van der Waals surface area contributed by atoms with E-state index >= 15 is 0 Å². The van der Waals surface area contributed by atoms with E-state index in [0.717, 1.165) is 35.6 Å². The summed E-state index contributed by atoms with van der Waals surface area (Å²) in [6, 6.07) is 5.67. The maximum atomic E-state index is 5.79. The lowest BCUT2D eigenvalue weighted by Gasteiger charge is -2.21. The molecule has 0 aliphatic heterocycles. The number of nitrogens with two attached hydrogens (primary N) is 1. The minimum Gasteiger partial charge on any atom is -0.399 e. The minimum absolute atomic E-state index is 0.729. The van der Waals surface area contributed by atoms with Gasteiger partial charge in [-0.2, -0.15) is 0 Å². The standard InChI is InChI=1S/C13H16N6/c1-2-6-19(18-7-5-15-9-18)13-16-11-4-3-10(14)8-12(11)17-13/h3-5,7-9H,2,6,14H2,1H3,(H,16,17). The Morgan fingerprint density at radius 1 is 1.42 bits per heavy atom. The van der Waals surface area contributed by atoms with Gasteiger partial charge in [-0.1, -0.05) is 6.92 Å². The van der Waals surface area contributed by atoms with Gasteiger partial charge in [-0.05, 0) is 24.6 Å². The third-order valence-corrected chi connectivity index (χ3v) is 2.94. The Balaban J connectivity index is 2.05. The second-order valence-electron chi connectivity index (χ2n) is 4.40. The number of nitrogens with one attached hydrogen (secondary N) is 1. The average Bonchev–Trinajstić information content (AvgIpc) is 3.04. The summed E-state index contributed by atoms with van der Waals surface area (Å²) in [5.74, 6) is 0.792. The molecular weight excluding hydrogens is 240 g/mol. The summed E-state index contributed by atoms with van der Waals surface area (Å²) in [6.07, 6.45) is 6.43. The van der Waals surface area contributed by atoms with Crippen LogP contribution in [-0.4, -0.2) is 26.2 Å². The van der Waals surface area contributed by atoms with Crippen LogP contribution in [0.15, 0.2) is 36.9 Å². The van der Waals surface area contributed by atoms with Crippen LogP contribution in [0.3, 0.4) is 0 Å². The van der Waals surface area contributed by atoms with Crippen molar-refractivity contribution in [1.29, 1.82) is 0 Å². The Morgan fingerprint density at radius 2 is 2.32 bits per heavy atom. The lowest BCUT2D eigenvalue weighted by Crippen LogP contribution is -2.30. The van der Waals surface area contributed by atoms with Crippen molar-refractivity contribution in [3.63, 3.8) is 0 Å². The van der Waals surface area contributed by atoms with E-state index in [1.165, 1.54) is 0 Å². The molecule has 1 aromatic carbocycles. The molecule has 0 saturated carbocycles. The number of nitrogen functional groups attached to an aromatic ring is 1. The fourth-order valence-corrected chi connectivity index (χ4v) is 2.07. The fraction of sp³-hybridized carbons (Fsp3) is 0.231. The Labute approximate surface area is 110 Å². The van der Waals surface area contributed by atoms with E-state index in [0.29, 0.717) is 0 Å². The van der Waals surface area contributed by atoms with E-state index in [2.05, 4.69) is 21.9 Å². The number of fused-ring (bicyclic) bond motifs is 1. The summed E-state index contributed by atoms with van der Waals surface area (Å²) in [5, 5.41) is 2.04. The van der Waals surface area contributed by atoms with Gasteiger partial charge in [-0.3, -0.25) is 0 Å². The molecule has 3 rings (SSSR count). The summed E-state index contributed by atoms with van der Waals surface area (Å²) in [5.41, 5.74) is 8.36. The monoisotopic (exact) mass is 256 g/mol. The molecule has 19 heavy (non-hydrogen) atoms. The quantitative estimate of drug-likeness (QED) is 0.700. The largest absolute Gasteiger partial charge is 0.399 e. The molecule has 0 aliphatic carbocycles. The van der Waals surface area contributed by atoms with Gasteiger partial charge in [0.1, 0.15) is 6.33 Å². The first-order valence-corrected chi connectivity index (χ1v) is 6.29. The molecule has 0 amide bonds. The molecule has 6 heteroatoms. The Hall–Kier alpha value is -2.50. The van der Waals surface area contributed by atoms with Crippen LogP contribution < -0.4 is 10.7 Å². The predicted octanol–water partition coefficient (Wildman–Crippen LogP) is 2.02. The lowest BCUT2D eigenvalue weighted by molar-refractivity contribution is 0.658. The van der Waals surface area contributed by atoms with Crippen molar-refractivity contribution >= 4 is 22.7 Å². The molecular formula is C13H16N6. The molecule has 0 aliphatic rings. The number of rotatable bonds is 4. The smallest absolute Gasteiger partial charge is 0.223 e. The van der Waals surface area contributed by atoms with E-state index in [4.69, 9.17) is 5.73 Å². The first-order valence-electron chi connectivity index (χ1n) is 6.29. The SMILES string of the molecule is CCCN(c1nc2ccc(N)cc2[nH]1)n1ccnc1. The molecule has 3 aromatic rings. The average molecular weight is 256 g/mol. The second kappa shape index (κ2) is 4.64. The highest BCUT2D eigenvalue weighted by Gasteiger charge is 2.12. The maximum Gasteiger partial charge on any atom is 0.223 e. The first-order chi connectivity index (χ1) is 9.28. The number of aromatic nitrogens is 4. The molecule has 98 valence electrons. The molecule has 0 atom stereocenters. The third-order valence-electron chi connectivity index (χ3n) is 2.94. The molecule has 0 spiro atoms. The van der Waals surface area contributed by atoms with Gasteiger partial charge in [-0.15, -0.1) is 0 Å². The van der Waals surface area contributed by atoms with Gasteiger partial charge in [0, 0.05) is 24.6 Å². The molecule has 2 heterocycles. The van der Waals surface area contributed by atoms with E-state index in [9.17, 15) is 0 Å². The highest BCUT2D eigenvalue weighted by molar-refractivity contribution is 5.80. The van der Waals surface area contributed by atoms with Gasteiger partial charge in [0.05, 0.1) is 11.0 Å². The highest BCUT2D eigenvalue weighted by Crippen LogP contribution is 2.20. The van der Waals surface area contributed by atoms with Crippen molar-refractivity contribution in [3.05, 3.63) is 36.9 Å². The van der Waals surface area contributed by atoms with Crippen molar-refractivity contribution in [2.45, 2.75) is 13.3 Å². The molecule has 0 saturated heterocycles. The van der Waals surface area contributed by atoms with E-state index in [1.807, 2.05) is 34.1 Å². The van der Waals surface area contributed by atoms with E-state index < -0.39 is 0 Å². The van der Waals surface area contributed by atoms with Crippen LogP contribution in [0, 0.1) is 0 Å². The van der Waals surface area contributed by atoms with Crippen molar-refractivity contribution in [2.24, 2.45) is 0 Å². The molecule has 0 fully saturated rings. The number of hydrogen-bond donors (Lipinski definition) is 2. The Morgan fingerprint density at radius 3 is 3.05 bits per heavy atom. The minimum atomic E-state index is 0.729. The third kappa shape index (κ3) is 2.12. The van der Waals surface area contributed by atoms with Crippen molar-refractivity contribution in [1.82, 2.24) is 19.6 Å². The van der Waals surface area contributed by atoms with Crippen LogP contribution in [0.4, 0.5) is 11.6 Å². The molecule has 0 unspecified atom stereocenters. The molecule has 6 nitrogen and oxygen atoms in total. The van der Waals surface area contributed by atoms with Crippen molar-refractivity contribution < 1.29 is 0 Å². The van der Waals surface area contributed by atoms with Crippen molar-refractivity contribution in [2.75, 3.05) is 17.3 Å². The number of nitrogens with zero attached hydrogens (tertiary/aromatic N) is 4. The van der Waals surface area contributed by atoms with Crippen LogP contribution >= 0.6 is 0 Å². The van der Waals surface area contributed by atoms with Crippen LogP contribution in [-0.2, 0) is 0 Å². The molecule has 0 radical (unpaired) electrons. The van der Waals surface area contributed by atoms with Gasteiger partial charge >= 0.3 is 0 Å². The van der Waals surface area contributed by atoms with Crippen LogP contribution in [0.5, 0.6) is 0 Å². The summed E-state index contributed by atoms with van der Waals surface area (Å²) in [4.78, 5) is 12.0. The summed E-state index contributed by atoms with van der Waals surface area (Å²) >= 11 is 0. The molecule has 3 N–H and O–H groups in total. The topological polar surface area (TPSA) is 75.8 Å². The number of H-pyrrole nitrogens is 1. The van der Waals surface area contributed by atoms with E-state index in [1.54, 1.807) is 12.5 Å². The van der Waals surface area contributed by atoms with Gasteiger partial charge in [0.2, 0.25) is 5.95 Å². The van der Waals surface area contributed by atoms with Gasteiger partial charge in [0.15, 0.2) is 0 Å². The Kier molecular flexibility index (Phi) is 2.83. The second-order valence-corrected chi connectivity index (χ2v) is 4.40. The van der Waals surface area contributed by atoms with Gasteiger partial charge in [0.25, 0.3) is 0 Å². The van der Waals surface area contributed by atoms with Gasteiger partial charge in [-0.25, -0.2) is 19.7 Å². The zero-order chi connectivity index (χ0) is 13.2. The van der Waals surface area contributed by atoms with Crippen LogP contribution in [0.1, 0.15) is 13.3 Å². The maximum absolute atomic E-state index is 5.79. The number of hydrogen-bond acceptors (Lipinski definition) is 4. The predicted molar refractivity (Wildman–Crippen MR) is 75.8 cm³/mol. The van der Waals surface area contributed by atoms with Gasteiger partial charge < -0.3 is 10.7 Å². The molecule has 0 bridgehead atoms. The fourth-order valence-electron chi connectivity index (χ4n) is 2.07. The number of benzene rings is 1. The summed E-state index contributed by atoms with van der Waals surface area (Å²) < 4.78 is 1.92. The Bertz CT molecular complexity index is 670. The summed E-state index contributed by atoms with van der Waals surface area (Å²) in [7, 11) is 0.